The maximum atomic E-state index is 12.5. The van der Waals surface area contributed by atoms with Gasteiger partial charge in [0.2, 0.25) is 5.91 Å². The molecule has 0 aliphatic carbocycles. The van der Waals surface area contributed by atoms with E-state index in [4.69, 9.17) is 4.99 Å². The van der Waals surface area contributed by atoms with E-state index in [1.807, 2.05) is 23.9 Å². The van der Waals surface area contributed by atoms with Gasteiger partial charge in [0, 0.05) is 65.3 Å². The van der Waals surface area contributed by atoms with Crippen LogP contribution in [0.2, 0.25) is 0 Å². The highest BCUT2D eigenvalue weighted by Crippen LogP contribution is 2.18. The average molecular weight is 550 g/mol. The van der Waals surface area contributed by atoms with E-state index in [1.165, 1.54) is 6.42 Å². The molecule has 0 bridgehead atoms. The summed E-state index contributed by atoms with van der Waals surface area (Å²) < 4.78 is 0. The molecule has 0 atom stereocenters. The van der Waals surface area contributed by atoms with Crippen molar-refractivity contribution in [3.8, 4) is 0 Å². The number of nitrogens with one attached hydrogen (secondary N) is 1. The summed E-state index contributed by atoms with van der Waals surface area (Å²) in [5.74, 6) is 1.23. The van der Waals surface area contributed by atoms with Crippen LogP contribution in [0.25, 0.3) is 0 Å². The van der Waals surface area contributed by atoms with Gasteiger partial charge in [0.05, 0.1) is 18.8 Å². The molecule has 2 aliphatic rings. The highest BCUT2D eigenvalue weighted by molar-refractivity contribution is 14.0. The Morgan fingerprint density at radius 1 is 1.13 bits per heavy atom. The summed E-state index contributed by atoms with van der Waals surface area (Å²) in [4.78, 5) is 30.6. The molecule has 2 fully saturated rings. The summed E-state index contributed by atoms with van der Waals surface area (Å²) in [6.45, 7) is 9.50. The van der Waals surface area contributed by atoms with Gasteiger partial charge in [-0.05, 0) is 26.2 Å². The van der Waals surface area contributed by atoms with Gasteiger partial charge in [-0.2, -0.15) is 0 Å². The van der Waals surface area contributed by atoms with Crippen LogP contribution in [0.4, 0.5) is 5.13 Å². The number of aromatic nitrogens is 1. The van der Waals surface area contributed by atoms with Crippen LogP contribution in [-0.2, 0) is 11.3 Å². The second-order valence-electron chi connectivity index (χ2n) is 7.89. The quantitative estimate of drug-likeness (QED) is 0.333. The number of rotatable bonds is 6. The average Bonchev–Trinajstić information content (AvgIpc) is 3.22. The smallest absolute Gasteiger partial charge is 0.236 e. The molecular formula is C20H36IN7OS. The number of thiazole rings is 1. The van der Waals surface area contributed by atoms with Crippen molar-refractivity contribution < 1.29 is 4.79 Å². The highest BCUT2D eigenvalue weighted by atomic mass is 127. The van der Waals surface area contributed by atoms with Crippen molar-refractivity contribution in [3.05, 3.63) is 11.1 Å². The Bertz CT molecular complexity index is 682. The van der Waals surface area contributed by atoms with E-state index >= 15 is 0 Å². The fraction of sp³-hybridized carbons (Fsp3) is 0.750. The second-order valence-corrected chi connectivity index (χ2v) is 8.73. The summed E-state index contributed by atoms with van der Waals surface area (Å²) in [5.41, 5.74) is 1.000. The number of amides is 1. The van der Waals surface area contributed by atoms with Gasteiger partial charge in [0.15, 0.2) is 11.1 Å². The normalized spacial score (nSPS) is 18.2. The van der Waals surface area contributed by atoms with E-state index in [-0.39, 0.29) is 24.0 Å². The predicted molar refractivity (Wildman–Crippen MR) is 135 cm³/mol. The number of anilines is 1. The largest absolute Gasteiger partial charge is 0.357 e. The molecule has 0 spiro atoms. The fourth-order valence-electron chi connectivity index (χ4n) is 3.71. The predicted octanol–water partition coefficient (Wildman–Crippen LogP) is 1.92. The molecule has 0 aromatic carbocycles. The monoisotopic (exact) mass is 549 g/mol. The first-order valence-corrected chi connectivity index (χ1v) is 11.6. The molecule has 0 unspecified atom stereocenters. The highest BCUT2D eigenvalue weighted by Gasteiger charge is 2.24. The van der Waals surface area contributed by atoms with Crippen molar-refractivity contribution in [2.45, 2.75) is 32.7 Å². The summed E-state index contributed by atoms with van der Waals surface area (Å²) >= 11 is 1.64. The van der Waals surface area contributed by atoms with Crippen LogP contribution in [0.3, 0.4) is 0 Å². The van der Waals surface area contributed by atoms with E-state index in [0.717, 1.165) is 75.4 Å². The Kier molecular flexibility index (Phi) is 10.6. The van der Waals surface area contributed by atoms with Gasteiger partial charge in [-0.3, -0.25) is 9.69 Å². The fourth-order valence-corrected chi connectivity index (χ4v) is 4.46. The molecule has 8 nitrogen and oxygen atoms in total. The minimum absolute atomic E-state index is 0. The third-order valence-corrected chi connectivity index (χ3v) is 6.44. The Hall–Kier alpha value is -1.14. The number of aliphatic imine (C=N–C) groups is 1. The first kappa shape index (κ1) is 25.1. The van der Waals surface area contributed by atoms with Gasteiger partial charge in [0.1, 0.15) is 0 Å². The maximum absolute atomic E-state index is 12.5. The number of hydrogen-bond donors (Lipinski definition) is 1. The molecule has 1 N–H and O–H groups in total. The number of guanidine groups is 1. The lowest BCUT2D eigenvalue weighted by Crippen LogP contribution is -2.54. The minimum Gasteiger partial charge on any atom is -0.357 e. The van der Waals surface area contributed by atoms with Gasteiger partial charge in [-0.1, -0.05) is 0 Å². The van der Waals surface area contributed by atoms with Crippen molar-refractivity contribution in [3.63, 3.8) is 0 Å². The van der Waals surface area contributed by atoms with Crippen LogP contribution in [0.1, 0.15) is 31.9 Å². The zero-order valence-electron chi connectivity index (χ0n) is 18.5. The van der Waals surface area contributed by atoms with E-state index in [9.17, 15) is 4.79 Å². The van der Waals surface area contributed by atoms with Crippen molar-refractivity contribution in [1.82, 2.24) is 25.0 Å². The Labute approximate surface area is 201 Å². The maximum Gasteiger partial charge on any atom is 0.236 e. The first-order valence-electron chi connectivity index (χ1n) is 10.7. The van der Waals surface area contributed by atoms with Gasteiger partial charge >= 0.3 is 0 Å². The standard InChI is InChI=1S/C20H35N7OS.HI/c1-4-21-19(22-14-17-16-29-20(23-17)24(2)3)27-12-10-25(11-13-27)15-18(28)26-8-6-5-7-9-26;/h16H,4-15H2,1-3H3,(H,21,22);1H. The minimum atomic E-state index is 0. The number of halogens is 1. The van der Waals surface area contributed by atoms with Crippen molar-refractivity contribution in [1.29, 1.82) is 0 Å². The molecule has 1 aromatic rings. The lowest BCUT2D eigenvalue weighted by Gasteiger charge is -2.37. The van der Waals surface area contributed by atoms with Crippen LogP contribution >= 0.6 is 35.3 Å². The molecule has 10 heteroatoms. The van der Waals surface area contributed by atoms with Crippen LogP contribution in [0.15, 0.2) is 10.4 Å². The van der Waals surface area contributed by atoms with Crippen LogP contribution in [-0.4, -0.2) is 98.0 Å². The molecular weight excluding hydrogens is 513 g/mol. The van der Waals surface area contributed by atoms with E-state index in [0.29, 0.717) is 19.0 Å². The van der Waals surface area contributed by atoms with E-state index in [2.05, 4.69) is 32.4 Å². The number of piperazine rings is 1. The third kappa shape index (κ3) is 7.23. The summed E-state index contributed by atoms with van der Waals surface area (Å²) in [6, 6.07) is 0. The van der Waals surface area contributed by atoms with Crippen LogP contribution in [0, 0.1) is 0 Å². The van der Waals surface area contributed by atoms with E-state index < -0.39 is 0 Å². The topological polar surface area (TPSA) is 67.3 Å². The summed E-state index contributed by atoms with van der Waals surface area (Å²) in [5, 5.41) is 6.49. The molecule has 2 saturated heterocycles. The molecule has 0 radical (unpaired) electrons. The van der Waals surface area contributed by atoms with Gasteiger partial charge in [-0.15, -0.1) is 35.3 Å². The number of likely N-dealkylation sites (tertiary alicyclic amines) is 1. The molecule has 30 heavy (non-hydrogen) atoms. The molecule has 1 amide bonds. The molecule has 2 aliphatic heterocycles. The van der Waals surface area contributed by atoms with E-state index in [1.54, 1.807) is 11.3 Å². The summed E-state index contributed by atoms with van der Waals surface area (Å²) in [6.07, 6.45) is 3.56. The number of piperidine rings is 1. The second kappa shape index (κ2) is 12.7. The molecule has 3 rings (SSSR count). The van der Waals surface area contributed by atoms with Crippen molar-refractivity contribution in [2.24, 2.45) is 4.99 Å². The molecule has 0 saturated carbocycles. The zero-order valence-corrected chi connectivity index (χ0v) is 21.6. The third-order valence-electron chi connectivity index (χ3n) is 5.39. The lowest BCUT2D eigenvalue weighted by atomic mass is 10.1. The Balaban J connectivity index is 0.00000320. The molecule has 3 heterocycles. The van der Waals surface area contributed by atoms with Crippen molar-refractivity contribution >= 4 is 52.3 Å². The first-order chi connectivity index (χ1) is 14.1. The zero-order chi connectivity index (χ0) is 20.6. The summed E-state index contributed by atoms with van der Waals surface area (Å²) in [7, 11) is 4.01. The van der Waals surface area contributed by atoms with Gasteiger partial charge in [0.25, 0.3) is 0 Å². The van der Waals surface area contributed by atoms with Crippen LogP contribution in [0.5, 0.6) is 0 Å². The van der Waals surface area contributed by atoms with Crippen molar-refractivity contribution in [2.75, 3.05) is 71.4 Å². The SMILES string of the molecule is CCNC(=NCc1csc(N(C)C)n1)N1CCN(CC(=O)N2CCCCC2)CC1.I. The molecule has 170 valence electrons. The number of carbonyl (C=O) groups is 1. The number of carbonyl (C=O) groups excluding carboxylic acids is 1. The number of hydrogen-bond acceptors (Lipinski definition) is 6. The van der Waals surface area contributed by atoms with Gasteiger partial charge < -0.3 is 20.0 Å². The number of nitrogens with zero attached hydrogens (tertiary/aromatic N) is 6. The Morgan fingerprint density at radius 2 is 1.83 bits per heavy atom. The van der Waals surface area contributed by atoms with Gasteiger partial charge in [-0.25, -0.2) is 9.98 Å². The Morgan fingerprint density at radius 3 is 2.43 bits per heavy atom. The van der Waals surface area contributed by atoms with Crippen LogP contribution < -0.4 is 10.2 Å². The molecule has 1 aromatic heterocycles. The lowest BCUT2D eigenvalue weighted by molar-refractivity contribution is -0.133.